The number of hydrogen-bond acceptors (Lipinski definition) is 12. The number of nitrogens with one attached hydrogen (secondary N) is 2. The van der Waals surface area contributed by atoms with E-state index in [4.69, 9.17) is 0 Å². The van der Waals surface area contributed by atoms with E-state index in [9.17, 15) is 37.3 Å². The Morgan fingerprint density at radius 1 is 0.491 bits per heavy atom. The fourth-order valence-electron chi connectivity index (χ4n) is 4.91. The smallest absolute Gasteiger partial charge is 0.240 e. The second-order valence-corrected chi connectivity index (χ2v) is 14.5. The van der Waals surface area contributed by atoms with Crippen LogP contribution in [0.3, 0.4) is 0 Å². The first-order valence-electron chi connectivity index (χ1n) is 15.7. The van der Waals surface area contributed by atoms with E-state index in [1.54, 1.807) is 62.4 Å². The zero-order valence-corrected chi connectivity index (χ0v) is 30.8. The molecule has 0 bridgehead atoms. The molecule has 17 heteroatoms. The van der Waals surface area contributed by atoms with Gasteiger partial charge in [0, 0.05) is 40.6 Å². The topological polar surface area (TPSA) is 223 Å². The Bertz CT molecular complexity index is 2370. The predicted molar refractivity (Wildman–Crippen MR) is 198 cm³/mol. The van der Waals surface area contributed by atoms with E-state index in [-0.39, 0.29) is 85.4 Å². The van der Waals surface area contributed by atoms with Crippen molar-refractivity contribution in [3.8, 4) is 23.0 Å². The van der Waals surface area contributed by atoms with Crippen LogP contribution in [-0.4, -0.2) is 50.4 Å². The molecule has 14 nitrogen and oxygen atoms in total. The minimum atomic E-state index is -3.68. The Kier molecular flexibility index (Phi) is 13.2. The average Bonchev–Trinajstić information content (AvgIpc) is 3.12. The average molecular weight is 802 g/mol. The van der Waals surface area contributed by atoms with Crippen LogP contribution in [0.5, 0.6) is 23.0 Å². The predicted octanol–water partition coefficient (Wildman–Crippen LogP) is 7.93. The van der Waals surface area contributed by atoms with Gasteiger partial charge in [-0.1, -0.05) is 74.5 Å². The third-order valence-electron chi connectivity index (χ3n) is 7.47. The van der Waals surface area contributed by atoms with E-state index in [0.717, 1.165) is 10.8 Å². The zero-order chi connectivity index (χ0) is 37.5. The Morgan fingerprint density at radius 2 is 0.849 bits per heavy atom. The molecule has 0 heterocycles. The van der Waals surface area contributed by atoms with Crippen LogP contribution in [0.25, 0.3) is 21.5 Å². The fourth-order valence-corrected chi connectivity index (χ4v) is 7.03. The molecule has 0 fully saturated rings. The number of aromatic hydroxyl groups is 4. The number of nitrogens with zero attached hydrogens (tertiary/aromatic N) is 4. The molecule has 0 aliphatic heterocycles. The SMILES string of the molecule is CCNS(=O)(=O)c1ccc(O)c(N=Nc2ccc3ccccc3c2O)c1.CCNS(=O)(=O)c1ccc(O)c(N=Nc2ccc3ccccc3c2O)c1.[Co]. The van der Waals surface area contributed by atoms with E-state index in [1.165, 1.54) is 36.4 Å². The third kappa shape index (κ3) is 9.52. The molecule has 6 N–H and O–H groups in total. The van der Waals surface area contributed by atoms with Crippen LogP contribution >= 0.6 is 0 Å². The van der Waals surface area contributed by atoms with E-state index in [0.29, 0.717) is 10.8 Å². The fraction of sp³-hybridized carbons (Fsp3) is 0.111. The second kappa shape index (κ2) is 17.4. The number of phenols is 4. The van der Waals surface area contributed by atoms with Gasteiger partial charge in [0.15, 0.2) is 11.5 Å². The van der Waals surface area contributed by atoms with Crippen LogP contribution in [0.15, 0.2) is 139 Å². The Morgan fingerprint density at radius 3 is 1.23 bits per heavy atom. The summed E-state index contributed by atoms with van der Waals surface area (Å²) in [6, 6.07) is 28.8. The Labute approximate surface area is 315 Å². The number of hydrogen-bond donors (Lipinski definition) is 6. The van der Waals surface area contributed by atoms with E-state index < -0.39 is 20.0 Å². The first-order valence-corrected chi connectivity index (χ1v) is 18.7. The number of fused-ring (bicyclic) bond motifs is 2. The molecule has 0 amide bonds. The van der Waals surface area contributed by atoms with Gasteiger partial charge < -0.3 is 20.4 Å². The molecule has 277 valence electrons. The van der Waals surface area contributed by atoms with Gasteiger partial charge in [-0.15, -0.1) is 20.5 Å². The quantitative estimate of drug-likeness (QED) is 0.0745. The number of rotatable bonds is 10. The van der Waals surface area contributed by atoms with Gasteiger partial charge in [0.2, 0.25) is 20.0 Å². The van der Waals surface area contributed by atoms with Gasteiger partial charge in [0.25, 0.3) is 0 Å². The summed E-state index contributed by atoms with van der Waals surface area (Å²) in [4.78, 5) is -0.0670. The van der Waals surface area contributed by atoms with Gasteiger partial charge in [0.05, 0.1) is 9.79 Å². The minimum Gasteiger partial charge on any atom is -0.506 e. The molecule has 1 radical (unpaired) electrons. The van der Waals surface area contributed by atoms with Crippen molar-refractivity contribution in [1.29, 1.82) is 0 Å². The summed E-state index contributed by atoms with van der Waals surface area (Å²) in [5.74, 6) is -0.514. The van der Waals surface area contributed by atoms with Gasteiger partial charge in [-0.3, -0.25) is 0 Å². The maximum absolute atomic E-state index is 12.1. The van der Waals surface area contributed by atoms with Crippen LogP contribution in [0, 0.1) is 0 Å². The molecule has 6 aromatic rings. The summed E-state index contributed by atoms with van der Waals surface area (Å²) in [6.45, 7) is 3.82. The molecule has 0 aromatic heterocycles. The Balaban J connectivity index is 0.000000232. The largest absolute Gasteiger partial charge is 0.506 e. The summed E-state index contributed by atoms with van der Waals surface area (Å²) in [5, 5.41) is 59.2. The van der Waals surface area contributed by atoms with Gasteiger partial charge in [-0.2, -0.15) is 0 Å². The third-order valence-corrected chi connectivity index (χ3v) is 10.6. The zero-order valence-electron chi connectivity index (χ0n) is 28.2. The van der Waals surface area contributed by atoms with Crippen molar-refractivity contribution < 1.29 is 54.0 Å². The number of sulfonamides is 2. The molecule has 0 saturated carbocycles. The maximum atomic E-state index is 12.1. The Hall–Kier alpha value is -5.43. The van der Waals surface area contributed by atoms with Crippen molar-refractivity contribution in [3.63, 3.8) is 0 Å². The summed E-state index contributed by atoms with van der Waals surface area (Å²) >= 11 is 0. The molecular formula is C36H34CoN6O8S2. The van der Waals surface area contributed by atoms with Crippen LogP contribution in [0.2, 0.25) is 0 Å². The van der Waals surface area contributed by atoms with E-state index in [2.05, 4.69) is 29.9 Å². The standard InChI is InChI=1S/2C18H17N3O4S.Co/c2*1-2-19-26(24,25)13-8-10-17(22)16(11-13)21-20-15-9-7-12-5-3-4-6-14(12)18(15)23;/h2*3-11,19,22-23H,2H2,1H3;. The van der Waals surface area contributed by atoms with Gasteiger partial charge in [-0.05, 0) is 59.3 Å². The number of phenolic OH excluding ortho intramolecular Hbond substituents is 4. The molecule has 6 aromatic carbocycles. The maximum Gasteiger partial charge on any atom is 0.240 e. The minimum absolute atomic E-state index is 0. The van der Waals surface area contributed by atoms with E-state index >= 15 is 0 Å². The first-order chi connectivity index (χ1) is 24.8. The van der Waals surface area contributed by atoms with Crippen molar-refractivity contribution in [2.45, 2.75) is 23.6 Å². The van der Waals surface area contributed by atoms with Crippen LogP contribution in [-0.2, 0) is 36.8 Å². The summed E-state index contributed by atoms with van der Waals surface area (Å²) in [7, 11) is -7.36. The normalized spacial score (nSPS) is 11.8. The summed E-state index contributed by atoms with van der Waals surface area (Å²) < 4.78 is 53.0. The van der Waals surface area contributed by atoms with Crippen molar-refractivity contribution >= 4 is 64.3 Å². The second-order valence-electron chi connectivity index (χ2n) is 11.0. The molecule has 0 aliphatic rings. The van der Waals surface area contributed by atoms with Crippen LogP contribution < -0.4 is 9.44 Å². The van der Waals surface area contributed by atoms with Crippen molar-refractivity contribution in [2.24, 2.45) is 20.5 Å². The molecule has 0 aliphatic carbocycles. The number of benzene rings is 6. The van der Waals surface area contributed by atoms with Gasteiger partial charge >= 0.3 is 0 Å². The van der Waals surface area contributed by atoms with E-state index in [1.807, 2.05) is 24.3 Å². The molecule has 0 unspecified atom stereocenters. The molecule has 0 spiro atoms. The van der Waals surface area contributed by atoms with Crippen molar-refractivity contribution in [1.82, 2.24) is 9.44 Å². The summed E-state index contributed by atoms with van der Waals surface area (Å²) in [6.07, 6.45) is 0. The monoisotopic (exact) mass is 801 g/mol. The summed E-state index contributed by atoms with van der Waals surface area (Å²) in [5.41, 5.74) is 0.388. The van der Waals surface area contributed by atoms with Crippen molar-refractivity contribution in [2.75, 3.05) is 13.1 Å². The van der Waals surface area contributed by atoms with Gasteiger partial charge in [0.1, 0.15) is 34.2 Å². The number of azo groups is 2. The molecule has 6 rings (SSSR count). The van der Waals surface area contributed by atoms with Crippen LogP contribution in [0.1, 0.15) is 13.8 Å². The molecule has 0 saturated heterocycles. The van der Waals surface area contributed by atoms with Gasteiger partial charge in [-0.25, -0.2) is 26.3 Å². The van der Waals surface area contributed by atoms with Crippen LogP contribution in [0.4, 0.5) is 22.7 Å². The first kappa shape index (κ1) is 40.3. The molecule has 0 atom stereocenters. The molecule has 53 heavy (non-hydrogen) atoms. The van der Waals surface area contributed by atoms with Crippen molar-refractivity contribution in [3.05, 3.63) is 109 Å². The molecular weight excluding hydrogens is 767 g/mol.